The van der Waals surface area contributed by atoms with Crippen molar-refractivity contribution in [2.75, 3.05) is 30.4 Å². The molecule has 0 saturated carbocycles. The van der Waals surface area contributed by atoms with E-state index in [1.54, 1.807) is 0 Å². The van der Waals surface area contributed by atoms with Crippen molar-refractivity contribution in [2.24, 2.45) is 0 Å². The molecule has 4 heteroatoms. The number of aryl methyl sites for hydroxylation is 3. The predicted molar refractivity (Wildman–Crippen MR) is 122 cm³/mol. The lowest BCUT2D eigenvalue weighted by molar-refractivity contribution is 0.158. The average Bonchev–Trinajstić information content (AvgIpc) is 3.04. The summed E-state index contributed by atoms with van der Waals surface area (Å²) in [5.41, 5.74) is 10.2. The standard InChI is InChI=1S/C26H30N2O2/c1-17-12-21-13-18-6-3-4-7-19(18)15-23(21)24(17)16-30-26(29)27-22-9-10-25-20(14-22)8-5-11-28(25)2/h9-10,12-15,24H,3-8,11,16H2,1-2H3,(H,27,29). The van der Waals surface area contributed by atoms with Crippen LogP contribution >= 0.6 is 0 Å². The van der Waals surface area contributed by atoms with Crippen LogP contribution < -0.4 is 10.2 Å². The highest BCUT2D eigenvalue weighted by Crippen LogP contribution is 2.39. The number of rotatable bonds is 3. The normalized spacial score (nSPS) is 19.5. The molecule has 5 rings (SSSR count). The molecule has 1 unspecified atom stereocenters. The Morgan fingerprint density at radius 3 is 2.67 bits per heavy atom. The first-order valence-electron chi connectivity index (χ1n) is 11.2. The van der Waals surface area contributed by atoms with Crippen LogP contribution in [0.5, 0.6) is 0 Å². The monoisotopic (exact) mass is 402 g/mol. The van der Waals surface area contributed by atoms with Crippen molar-refractivity contribution in [3.8, 4) is 0 Å². The maximum Gasteiger partial charge on any atom is 0.411 e. The molecule has 1 amide bonds. The molecule has 0 aromatic heterocycles. The Morgan fingerprint density at radius 1 is 1.07 bits per heavy atom. The van der Waals surface area contributed by atoms with Gasteiger partial charge in [-0.2, -0.15) is 0 Å². The van der Waals surface area contributed by atoms with Gasteiger partial charge in [-0.05, 0) is 91.5 Å². The van der Waals surface area contributed by atoms with E-state index in [1.165, 1.54) is 64.8 Å². The number of anilines is 2. The highest BCUT2D eigenvalue weighted by Gasteiger charge is 2.26. The summed E-state index contributed by atoms with van der Waals surface area (Å²) in [5.74, 6) is 0.162. The molecule has 0 fully saturated rings. The van der Waals surface area contributed by atoms with Crippen molar-refractivity contribution in [2.45, 2.75) is 51.4 Å². The van der Waals surface area contributed by atoms with Crippen LogP contribution in [0.4, 0.5) is 16.2 Å². The van der Waals surface area contributed by atoms with E-state index < -0.39 is 0 Å². The number of fused-ring (bicyclic) bond motifs is 3. The molecule has 0 radical (unpaired) electrons. The number of ether oxygens (including phenoxy) is 1. The van der Waals surface area contributed by atoms with Crippen molar-refractivity contribution >= 4 is 23.5 Å². The van der Waals surface area contributed by atoms with Crippen LogP contribution in [-0.4, -0.2) is 26.3 Å². The van der Waals surface area contributed by atoms with Crippen molar-refractivity contribution in [3.63, 3.8) is 0 Å². The molecule has 4 nitrogen and oxygen atoms in total. The van der Waals surface area contributed by atoms with Crippen molar-refractivity contribution in [1.29, 1.82) is 0 Å². The number of hydrogen-bond donors (Lipinski definition) is 1. The summed E-state index contributed by atoms with van der Waals surface area (Å²) in [6, 6.07) is 10.9. The lowest BCUT2D eigenvalue weighted by Gasteiger charge is -2.27. The second kappa shape index (κ2) is 7.82. The Balaban J connectivity index is 1.25. The van der Waals surface area contributed by atoms with Gasteiger partial charge in [-0.15, -0.1) is 0 Å². The van der Waals surface area contributed by atoms with Crippen LogP contribution in [0.2, 0.25) is 0 Å². The largest absolute Gasteiger partial charge is 0.448 e. The van der Waals surface area contributed by atoms with Gasteiger partial charge in [0.1, 0.15) is 6.61 Å². The Hall–Kier alpha value is -2.75. The van der Waals surface area contributed by atoms with Gasteiger partial charge in [0, 0.05) is 30.9 Å². The molecule has 1 atom stereocenters. The van der Waals surface area contributed by atoms with Crippen LogP contribution in [0.25, 0.3) is 6.08 Å². The zero-order valence-corrected chi connectivity index (χ0v) is 18.0. The summed E-state index contributed by atoms with van der Waals surface area (Å²) in [6.45, 7) is 3.61. The lowest BCUT2D eigenvalue weighted by atomic mass is 9.86. The second-order valence-electron chi connectivity index (χ2n) is 8.99. The van der Waals surface area contributed by atoms with E-state index in [0.717, 1.165) is 25.1 Å². The molecular weight excluding hydrogens is 372 g/mol. The predicted octanol–water partition coefficient (Wildman–Crippen LogP) is 5.70. The molecule has 1 heterocycles. The van der Waals surface area contributed by atoms with Gasteiger partial charge in [0.05, 0.1) is 0 Å². The summed E-state index contributed by atoms with van der Waals surface area (Å²) in [6.07, 6.45) is 9.01. The van der Waals surface area contributed by atoms with Gasteiger partial charge in [-0.3, -0.25) is 5.32 Å². The molecular formula is C26H30N2O2. The SMILES string of the molecule is CC1=Cc2cc3c(cc2C1COC(=O)Nc1ccc2c(c1)CCCN2C)CCCC3. The second-order valence-corrected chi connectivity index (χ2v) is 8.99. The molecule has 3 aliphatic rings. The molecule has 0 saturated heterocycles. The molecule has 30 heavy (non-hydrogen) atoms. The van der Waals surface area contributed by atoms with Crippen LogP contribution in [-0.2, 0) is 24.0 Å². The van der Waals surface area contributed by atoms with E-state index in [2.05, 4.69) is 54.5 Å². The van der Waals surface area contributed by atoms with Gasteiger partial charge in [0.15, 0.2) is 0 Å². The van der Waals surface area contributed by atoms with Gasteiger partial charge in [0.2, 0.25) is 0 Å². The minimum absolute atomic E-state index is 0.162. The molecule has 0 bridgehead atoms. The lowest BCUT2D eigenvalue weighted by Crippen LogP contribution is -2.25. The van der Waals surface area contributed by atoms with Crippen LogP contribution in [0.15, 0.2) is 35.9 Å². The van der Waals surface area contributed by atoms with Gasteiger partial charge >= 0.3 is 6.09 Å². The fourth-order valence-corrected chi connectivity index (χ4v) is 5.24. The Kier molecular flexibility index (Phi) is 5.01. The Morgan fingerprint density at radius 2 is 1.83 bits per heavy atom. The highest BCUT2D eigenvalue weighted by atomic mass is 16.5. The first-order valence-corrected chi connectivity index (χ1v) is 11.2. The van der Waals surface area contributed by atoms with E-state index in [0.29, 0.717) is 6.61 Å². The summed E-state index contributed by atoms with van der Waals surface area (Å²) in [5, 5.41) is 2.92. The number of amides is 1. The van der Waals surface area contributed by atoms with Gasteiger partial charge in [-0.1, -0.05) is 23.8 Å². The van der Waals surface area contributed by atoms with Gasteiger partial charge in [0.25, 0.3) is 0 Å². The molecule has 156 valence electrons. The number of benzene rings is 2. The van der Waals surface area contributed by atoms with Crippen molar-refractivity contribution in [3.05, 3.63) is 63.7 Å². The van der Waals surface area contributed by atoms with Crippen LogP contribution in [0.3, 0.4) is 0 Å². The molecule has 1 N–H and O–H groups in total. The number of nitrogens with one attached hydrogen (secondary N) is 1. The third kappa shape index (κ3) is 3.60. The minimum Gasteiger partial charge on any atom is -0.448 e. The zero-order chi connectivity index (χ0) is 20.7. The first-order chi connectivity index (χ1) is 14.6. The number of carbonyl (C=O) groups is 1. The molecule has 0 spiro atoms. The maximum atomic E-state index is 12.5. The van der Waals surface area contributed by atoms with Crippen LogP contribution in [0.1, 0.15) is 59.9 Å². The highest BCUT2D eigenvalue weighted by molar-refractivity contribution is 5.85. The summed E-state index contributed by atoms with van der Waals surface area (Å²) in [4.78, 5) is 14.8. The molecule has 1 aliphatic heterocycles. The van der Waals surface area contributed by atoms with Crippen LogP contribution in [0, 0.1) is 0 Å². The van der Waals surface area contributed by atoms with E-state index in [9.17, 15) is 4.79 Å². The van der Waals surface area contributed by atoms with E-state index in [-0.39, 0.29) is 12.0 Å². The molecule has 2 aromatic carbocycles. The fourth-order valence-electron chi connectivity index (χ4n) is 5.24. The summed E-state index contributed by atoms with van der Waals surface area (Å²) >= 11 is 0. The Labute approximate surface area is 178 Å². The first kappa shape index (κ1) is 19.2. The van der Waals surface area contributed by atoms with Gasteiger partial charge < -0.3 is 9.64 Å². The van der Waals surface area contributed by atoms with Gasteiger partial charge in [-0.25, -0.2) is 4.79 Å². The van der Waals surface area contributed by atoms with E-state index >= 15 is 0 Å². The average molecular weight is 403 g/mol. The minimum atomic E-state index is -0.377. The van der Waals surface area contributed by atoms with Crippen molar-refractivity contribution in [1.82, 2.24) is 0 Å². The topological polar surface area (TPSA) is 41.6 Å². The third-order valence-corrected chi connectivity index (χ3v) is 6.91. The summed E-state index contributed by atoms with van der Waals surface area (Å²) in [7, 11) is 2.12. The molecule has 2 aliphatic carbocycles. The number of nitrogens with zero attached hydrogens (tertiary/aromatic N) is 1. The summed E-state index contributed by atoms with van der Waals surface area (Å²) < 4.78 is 5.67. The maximum absolute atomic E-state index is 12.5. The fraction of sp³-hybridized carbons (Fsp3) is 0.423. The zero-order valence-electron chi connectivity index (χ0n) is 18.0. The number of carbonyl (C=O) groups excluding carboxylic acids is 1. The van der Waals surface area contributed by atoms with E-state index in [4.69, 9.17) is 4.74 Å². The smallest absolute Gasteiger partial charge is 0.411 e. The van der Waals surface area contributed by atoms with E-state index in [1.807, 2.05) is 6.07 Å². The quantitative estimate of drug-likeness (QED) is 0.716. The third-order valence-electron chi connectivity index (χ3n) is 6.91. The number of hydrogen-bond acceptors (Lipinski definition) is 3. The molecule has 2 aromatic rings. The Bertz CT molecular complexity index is 1020. The van der Waals surface area contributed by atoms with Crippen molar-refractivity contribution < 1.29 is 9.53 Å².